The van der Waals surface area contributed by atoms with E-state index >= 15 is 0 Å². The van der Waals surface area contributed by atoms with Crippen LogP contribution >= 0.6 is 0 Å². The van der Waals surface area contributed by atoms with Crippen molar-refractivity contribution in [1.82, 2.24) is 34.6 Å². The van der Waals surface area contributed by atoms with Crippen molar-refractivity contribution in [2.75, 3.05) is 0 Å². The van der Waals surface area contributed by atoms with Gasteiger partial charge in [-0.15, -0.1) is 15.3 Å². The molecule has 0 aliphatic rings. The minimum absolute atomic E-state index is 0.0406. The quantitative estimate of drug-likeness (QED) is 0.527. The monoisotopic (exact) mass is 403 g/mol. The summed E-state index contributed by atoms with van der Waals surface area (Å²) in [6.45, 7) is -4.83. The van der Waals surface area contributed by atoms with Gasteiger partial charge >= 0.3 is 0 Å². The van der Waals surface area contributed by atoms with Gasteiger partial charge in [0.1, 0.15) is 18.8 Å². The van der Waals surface area contributed by atoms with Crippen LogP contribution in [-0.2, 0) is 18.8 Å². The molecule has 4 rings (SSSR count). The van der Waals surface area contributed by atoms with Crippen LogP contribution in [0.4, 0.5) is 4.39 Å². The first-order chi connectivity index (χ1) is 16.4. The molecule has 0 saturated heterocycles. The van der Waals surface area contributed by atoms with Crippen LogP contribution in [-0.4, -0.2) is 39.7 Å². The van der Waals surface area contributed by atoms with Crippen LogP contribution in [0.1, 0.15) is 40.2 Å². The number of rotatable bonds is 6. The maximum Gasteiger partial charge on any atom is 0.238 e. The fourth-order valence-corrected chi connectivity index (χ4v) is 2.79. The van der Waals surface area contributed by atoms with Crippen molar-refractivity contribution < 1.29 is 22.5 Å². The van der Waals surface area contributed by atoms with Crippen LogP contribution in [0.3, 0.4) is 0 Å². The molecule has 0 spiro atoms. The summed E-state index contributed by atoms with van der Waals surface area (Å²) in [6.07, 6.45) is 1.29. The number of aliphatic hydroxyl groups is 1. The van der Waals surface area contributed by atoms with Gasteiger partial charge in [0, 0.05) is 14.8 Å². The fourth-order valence-electron chi connectivity index (χ4n) is 2.79. The SMILES string of the molecule is [2H]C([2H])([2H])C(O)(c1cc2nnc(-c3ccccc3F)n2nc1OCc1ncnn1CC)C([2H])([2H])[2H]. The predicted molar refractivity (Wildman–Crippen MR) is 101 cm³/mol. The zero-order chi connectivity index (χ0) is 25.6. The van der Waals surface area contributed by atoms with Gasteiger partial charge in [-0.3, -0.25) is 0 Å². The normalized spacial score (nSPS) is 15.8. The maximum absolute atomic E-state index is 14.4. The highest BCUT2D eigenvalue weighted by Gasteiger charge is 2.26. The Morgan fingerprint density at radius 3 is 2.86 bits per heavy atom. The van der Waals surface area contributed by atoms with E-state index in [4.69, 9.17) is 13.0 Å². The van der Waals surface area contributed by atoms with Crippen molar-refractivity contribution in [3.8, 4) is 17.3 Å². The average molecular weight is 403 g/mol. The van der Waals surface area contributed by atoms with Crippen LogP contribution in [0, 0.1) is 5.82 Å². The lowest BCUT2D eigenvalue weighted by Crippen LogP contribution is -2.20. The zero-order valence-corrected chi connectivity index (χ0v) is 15.2. The number of nitrogens with zero attached hydrogens (tertiary/aromatic N) is 7. The van der Waals surface area contributed by atoms with Crippen molar-refractivity contribution >= 4 is 5.65 Å². The Balaban J connectivity index is 1.94. The van der Waals surface area contributed by atoms with E-state index < -0.39 is 36.6 Å². The summed E-state index contributed by atoms with van der Waals surface area (Å²) in [4.78, 5) is 4.05. The van der Waals surface area contributed by atoms with Crippen molar-refractivity contribution in [3.05, 3.63) is 53.9 Å². The van der Waals surface area contributed by atoms with Gasteiger partial charge in [0.2, 0.25) is 5.88 Å². The number of hydrogen-bond acceptors (Lipinski definition) is 7. The van der Waals surface area contributed by atoms with Gasteiger partial charge in [-0.1, -0.05) is 12.1 Å². The number of halogens is 1. The number of aryl methyl sites for hydroxylation is 1. The van der Waals surface area contributed by atoms with Crippen LogP contribution in [0.25, 0.3) is 17.0 Å². The second-order valence-electron chi connectivity index (χ2n) is 6.13. The first kappa shape index (κ1) is 12.9. The molecule has 3 aromatic heterocycles. The summed E-state index contributed by atoms with van der Waals surface area (Å²) in [6, 6.07) is 6.71. The molecule has 0 radical (unpaired) electrons. The molecule has 10 heteroatoms. The molecular formula is C19H20FN7O2. The topological polar surface area (TPSA) is 103 Å². The van der Waals surface area contributed by atoms with Crippen LogP contribution < -0.4 is 4.74 Å². The van der Waals surface area contributed by atoms with Crippen LogP contribution in [0.15, 0.2) is 36.7 Å². The number of fused-ring (bicyclic) bond motifs is 1. The molecule has 1 N–H and O–H groups in total. The van der Waals surface area contributed by atoms with E-state index in [1.165, 1.54) is 29.2 Å². The summed E-state index contributed by atoms with van der Waals surface area (Å²) >= 11 is 0. The highest BCUT2D eigenvalue weighted by atomic mass is 19.1. The Labute approximate surface area is 174 Å². The molecule has 0 aliphatic heterocycles. The largest absolute Gasteiger partial charge is 0.468 e. The fraction of sp³-hybridized carbons (Fsp3) is 0.316. The molecule has 0 saturated carbocycles. The van der Waals surface area contributed by atoms with E-state index in [1.807, 2.05) is 6.92 Å². The third kappa shape index (κ3) is 3.54. The Morgan fingerprint density at radius 2 is 2.10 bits per heavy atom. The highest BCUT2D eigenvalue weighted by Crippen LogP contribution is 2.31. The average Bonchev–Trinajstić information content (AvgIpc) is 3.41. The second kappa shape index (κ2) is 7.21. The number of aromatic nitrogens is 7. The molecule has 9 nitrogen and oxygen atoms in total. The second-order valence-corrected chi connectivity index (χ2v) is 6.13. The van der Waals surface area contributed by atoms with Crippen molar-refractivity contribution in [2.24, 2.45) is 0 Å². The van der Waals surface area contributed by atoms with Gasteiger partial charge in [-0.2, -0.15) is 9.61 Å². The molecule has 3 heterocycles. The van der Waals surface area contributed by atoms with Gasteiger partial charge in [0.15, 0.2) is 17.3 Å². The minimum Gasteiger partial charge on any atom is -0.468 e. The molecule has 150 valence electrons. The standard InChI is InChI=1S/C19H20FN7O2/c1-4-26-16(21-11-22-26)10-29-18-13(19(2,3)28)9-15-23-24-17(27(15)25-18)12-7-5-6-8-14(12)20/h5-9,11,28H,4,10H2,1-3H3/i2D3,3D3. The molecule has 0 amide bonds. The summed E-state index contributed by atoms with van der Waals surface area (Å²) in [5, 5.41) is 27.1. The Bertz CT molecular complexity index is 1350. The number of hydrogen-bond donors (Lipinski definition) is 1. The third-order valence-electron chi connectivity index (χ3n) is 4.20. The van der Waals surface area contributed by atoms with Gasteiger partial charge in [-0.25, -0.2) is 14.1 Å². The predicted octanol–water partition coefficient (Wildman–Crippen LogP) is 2.35. The lowest BCUT2D eigenvalue weighted by molar-refractivity contribution is 0.0729. The molecule has 29 heavy (non-hydrogen) atoms. The molecule has 4 aromatic rings. The third-order valence-corrected chi connectivity index (χ3v) is 4.20. The van der Waals surface area contributed by atoms with E-state index in [1.54, 1.807) is 6.07 Å². The lowest BCUT2D eigenvalue weighted by atomic mass is 10.0. The number of ether oxygens (including phenoxy) is 1. The van der Waals surface area contributed by atoms with Crippen LogP contribution in [0.5, 0.6) is 5.88 Å². The first-order valence-corrected chi connectivity index (χ1v) is 8.62. The number of benzene rings is 1. The van der Waals surface area contributed by atoms with Crippen molar-refractivity contribution in [1.29, 1.82) is 0 Å². The van der Waals surface area contributed by atoms with Gasteiger partial charge < -0.3 is 9.84 Å². The lowest BCUT2D eigenvalue weighted by Gasteiger charge is -2.20. The maximum atomic E-state index is 14.4. The van der Waals surface area contributed by atoms with E-state index in [9.17, 15) is 9.50 Å². The summed E-state index contributed by atoms with van der Waals surface area (Å²) in [5.41, 5.74) is -4.11. The molecule has 0 fully saturated rings. The minimum atomic E-state index is -3.41. The van der Waals surface area contributed by atoms with E-state index in [0.29, 0.717) is 12.4 Å². The Kier molecular flexibility index (Phi) is 3.22. The van der Waals surface area contributed by atoms with Crippen molar-refractivity contribution in [2.45, 2.75) is 39.4 Å². The van der Waals surface area contributed by atoms with Crippen molar-refractivity contribution in [3.63, 3.8) is 0 Å². The van der Waals surface area contributed by atoms with E-state index in [0.717, 1.165) is 10.6 Å². The van der Waals surface area contributed by atoms with Gasteiger partial charge in [-0.05, 0) is 38.8 Å². The summed E-state index contributed by atoms with van der Waals surface area (Å²) < 4.78 is 69.5. The molecule has 0 bridgehead atoms. The molecule has 0 aliphatic carbocycles. The summed E-state index contributed by atoms with van der Waals surface area (Å²) in [5.74, 6) is -0.856. The van der Waals surface area contributed by atoms with Gasteiger partial charge in [0.05, 0.1) is 16.7 Å². The van der Waals surface area contributed by atoms with E-state index in [-0.39, 0.29) is 23.6 Å². The molecule has 0 atom stereocenters. The zero-order valence-electron chi connectivity index (χ0n) is 21.2. The molecular weight excluding hydrogens is 377 g/mol. The highest BCUT2D eigenvalue weighted by molar-refractivity contribution is 5.60. The Hall–Kier alpha value is -3.40. The van der Waals surface area contributed by atoms with Crippen LogP contribution in [0.2, 0.25) is 0 Å². The first-order valence-electron chi connectivity index (χ1n) is 11.6. The molecule has 0 unspecified atom stereocenters. The van der Waals surface area contributed by atoms with E-state index in [2.05, 4.69) is 25.4 Å². The summed E-state index contributed by atoms with van der Waals surface area (Å²) in [7, 11) is 0. The smallest absolute Gasteiger partial charge is 0.238 e. The Morgan fingerprint density at radius 1 is 1.28 bits per heavy atom. The van der Waals surface area contributed by atoms with Gasteiger partial charge in [0.25, 0.3) is 0 Å². The molecule has 1 aromatic carbocycles.